The summed E-state index contributed by atoms with van der Waals surface area (Å²) in [6.45, 7) is 7.50. The lowest BCUT2D eigenvalue weighted by Crippen LogP contribution is -2.46. The average molecular weight is 244 g/mol. The van der Waals surface area contributed by atoms with Crippen LogP contribution in [0.1, 0.15) is 27.2 Å². The van der Waals surface area contributed by atoms with Crippen LogP contribution < -0.4 is 5.32 Å². The Morgan fingerprint density at radius 1 is 1.53 bits per heavy atom. The van der Waals surface area contributed by atoms with Crippen molar-refractivity contribution in [3.05, 3.63) is 0 Å². The number of carbonyl (C=O) groups is 1. The number of carbonyl (C=O) groups excluding carboxylic acids is 1. The lowest BCUT2D eigenvalue weighted by atomic mass is 10.0. The normalized spacial score (nSPS) is 25.0. The predicted octanol–water partition coefficient (Wildman–Crippen LogP) is -0.0157. The van der Waals surface area contributed by atoms with Gasteiger partial charge in [-0.15, -0.1) is 0 Å². The monoisotopic (exact) mass is 244 g/mol. The fourth-order valence-corrected chi connectivity index (χ4v) is 1.78. The Bertz CT molecular complexity index is 267. The smallest absolute Gasteiger partial charge is 0.248 e. The molecule has 0 aromatic carbocycles. The molecule has 0 aliphatic carbocycles. The van der Waals surface area contributed by atoms with Gasteiger partial charge in [0.15, 0.2) is 0 Å². The Hall–Kier alpha value is -0.650. The van der Waals surface area contributed by atoms with E-state index in [-0.39, 0.29) is 18.1 Å². The lowest BCUT2D eigenvalue weighted by Gasteiger charge is -2.29. The molecule has 1 unspecified atom stereocenters. The molecule has 0 radical (unpaired) electrons. The molecule has 1 aliphatic heterocycles. The zero-order chi connectivity index (χ0) is 13.1. The zero-order valence-electron chi connectivity index (χ0n) is 11.2. The van der Waals surface area contributed by atoms with Crippen molar-refractivity contribution in [2.24, 2.45) is 0 Å². The number of amides is 1. The molecule has 0 saturated carbocycles. The molecule has 5 nitrogen and oxygen atoms in total. The number of likely N-dealkylation sites (N-methyl/N-ethyl adjacent to an activating group) is 1. The molecule has 17 heavy (non-hydrogen) atoms. The third kappa shape index (κ3) is 5.02. The van der Waals surface area contributed by atoms with Crippen LogP contribution in [0.2, 0.25) is 0 Å². The molecule has 2 N–H and O–H groups in total. The van der Waals surface area contributed by atoms with E-state index < -0.39 is 5.60 Å². The van der Waals surface area contributed by atoms with Gasteiger partial charge in [-0.05, 0) is 33.7 Å². The SMILES string of the molecule is CN(CC1(O)CCNC1)C(=O)COC(C)(C)C. The molecule has 1 fully saturated rings. The molecule has 0 aromatic rings. The summed E-state index contributed by atoms with van der Waals surface area (Å²) in [5.74, 6) is -0.0970. The van der Waals surface area contributed by atoms with E-state index in [1.165, 1.54) is 0 Å². The molecule has 1 aliphatic rings. The highest BCUT2D eigenvalue weighted by molar-refractivity contribution is 5.77. The zero-order valence-corrected chi connectivity index (χ0v) is 11.2. The average Bonchev–Trinajstić information content (AvgIpc) is 2.60. The van der Waals surface area contributed by atoms with Gasteiger partial charge in [-0.2, -0.15) is 0 Å². The van der Waals surface area contributed by atoms with Crippen molar-refractivity contribution in [3.8, 4) is 0 Å². The Morgan fingerprint density at radius 2 is 2.18 bits per heavy atom. The third-order valence-corrected chi connectivity index (χ3v) is 2.81. The standard InChI is InChI=1S/C12H24N2O3/c1-11(2,3)17-7-10(15)14(4)9-12(16)5-6-13-8-12/h13,16H,5-9H2,1-4H3. The fraction of sp³-hybridized carbons (Fsp3) is 0.917. The van der Waals surface area contributed by atoms with Gasteiger partial charge in [-0.1, -0.05) is 0 Å². The highest BCUT2D eigenvalue weighted by Crippen LogP contribution is 2.15. The van der Waals surface area contributed by atoms with Gasteiger partial charge >= 0.3 is 0 Å². The largest absolute Gasteiger partial charge is 0.387 e. The summed E-state index contributed by atoms with van der Waals surface area (Å²) in [4.78, 5) is 13.3. The Labute approximate surface area is 103 Å². The number of nitrogens with one attached hydrogen (secondary N) is 1. The van der Waals surface area contributed by atoms with Crippen molar-refractivity contribution in [1.29, 1.82) is 0 Å². The van der Waals surface area contributed by atoms with Gasteiger partial charge in [-0.3, -0.25) is 4.79 Å². The molecular weight excluding hydrogens is 220 g/mol. The van der Waals surface area contributed by atoms with E-state index in [0.29, 0.717) is 19.5 Å². The number of rotatable bonds is 4. The van der Waals surface area contributed by atoms with Crippen LogP contribution in [-0.4, -0.2) is 60.4 Å². The van der Waals surface area contributed by atoms with Crippen LogP contribution in [-0.2, 0) is 9.53 Å². The van der Waals surface area contributed by atoms with Gasteiger partial charge in [0, 0.05) is 13.6 Å². The minimum atomic E-state index is -0.786. The summed E-state index contributed by atoms with van der Waals surface area (Å²) >= 11 is 0. The van der Waals surface area contributed by atoms with E-state index in [1.54, 1.807) is 11.9 Å². The Morgan fingerprint density at radius 3 is 2.65 bits per heavy atom. The second kappa shape index (κ2) is 5.33. The van der Waals surface area contributed by atoms with Crippen LogP contribution in [0.3, 0.4) is 0 Å². The third-order valence-electron chi connectivity index (χ3n) is 2.81. The number of β-amino-alcohol motifs (C(OH)–C–C–N with tert-alkyl or cyclic N) is 1. The van der Waals surface area contributed by atoms with E-state index in [2.05, 4.69) is 5.32 Å². The van der Waals surface area contributed by atoms with Crippen LogP contribution >= 0.6 is 0 Å². The van der Waals surface area contributed by atoms with Crippen LogP contribution in [0, 0.1) is 0 Å². The molecule has 5 heteroatoms. The maximum Gasteiger partial charge on any atom is 0.248 e. The van der Waals surface area contributed by atoms with Gasteiger partial charge < -0.3 is 20.1 Å². The summed E-state index contributed by atoms with van der Waals surface area (Å²) < 4.78 is 5.42. The van der Waals surface area contributed by atoms with Crippen LogP contribution in [0.4, 0.5) is 0 Å². The number of nitrogens with zero attached hydrogens (tertiary/aromatic N) is 1. The first kappa shape index (κ1) is 14.4. The molecule has 100 valence electrons. The molecule has 0 aromatic heterocycles. The van der Waals surface area contributed by atoms with Gasteiger partial charge in [0.25, 0.3) is 0 Å². The van der Waals surface area contributed by atoms with E-state index in [4.69, 9.17) is 4.74 Å². The molecule has 1 rings (SSSR count). The van der Waals surface area contributed by atoms with Gasteiger partial charge in [-0.25, -0.2) is 0 Å². The first-order valence-electron chi connectivity index (χ1n) is 6.03. The number of hydrogen-bond donors (Lipinski definition) is 2. The van der Waals surface area contributed by atoms with Crippen molar-refractivity contribution in [1.82, 2.24) is 10.2 Å². The van der Waals surface area contributed by atoms with E-state index in [0.717, 1.165) is 6.54 Å². The van der Waals surface area contributed by atoms with E-state index >= 15 is 0 Å². The van der Waals surface area contributed by atoms with Crippen molar-refractivity contribution < 1.29 is 14.6 Å². The van der Waals surface area contributed by atoms with Gasteiger partial charge in [0.05, 0.1) is 17.7 Å². The van der Waals surface area contributed by atoms with E-state index in [9.17, 15) is 9.90 Å². The summed E-state index contributed by atoms with van der Waals surface area (Å²) in [6, 6.07) is 0. The molecule has 1 heterocycles. The summed E-state index contributed by atoms with van der Waals surface area (Å²) in [7, 11) is 1.70. The Balaban J connectivity index is 2.36. The maximum absolute atomic E-state index is 11.8. The fourth-order valence-electron chi connectivity index (χ4n) is 1.78. The topological polar surface area (TPSA) is 61.8 Å². The number of hydrogen-bond acceptors (Lipinski definition) is 4. The van der Waals surface area contributed by atoms with Gasteiger partial charge in [0.1, 0.15) is 6.61 Å². The van der Waals surface area contributed by atoms with Crippen LogP contribution in [0.15, 0.2) is 0 Å². The predicted molar refractivity (Wildman–Crippen MR) is 65.8 cm³/mol. The number of ether oxygens (including phenoxy) is 1. The first-order valence-corrected chi connectivity index (χ1v) is 6.03. The molecule has 1 saturated heterocycles. The quantitative estimate of drug-likeness (QED) is 0.730. The minimum absolute atomic E-state index is 0.0590. The molecule has 0 spiro atoms. The number of aliphatic hydroxyl groups is 1. The molecule has 1 amide bonds. The minimum Gasteiger partial charge on any atom is -0.387 e. The van der Waals surface area contributed by atoms with Crippen molar-refractivity contribution in [3.63, 3.8) is 0 Å². The van der Waals surface area contributed by atoms with Crippen molar-refractivity contribution >= 4 is 5.91 Å². The first-order chi connectivity index (χ1) is 7.72. The van der Waals surface area contributed by atoms with Crippen LogP contribution in [0.25, 0.3) is 0 Å². The maximum atomic E-state index is 11.8. The lowest BCUT2D eigenvalue weighted by molar-refractivity contribution is -0.142. The van der Waals surface area contributed by atoms with E-state index in [1.807, 2.05) is 20.8 Å². The second-order valence-electron chi connectivity index (χ2n) is 5.80. The van der Waals surface area contributed by atoms with Crippen molar-refractivity contribution in [2.75, 3.05) is 33.3 Å². The molecule has 1 atom stereocenters. The summed E-state index contributed by atoms with van der Waals surface area (Å²) in [6.07, 6.45) is 0.685. The second-order valence-corrected chi connectivity index (χ2v) is 5.80. The van der Waals surface area contributed by atoms with Crippen LogP contribution in [0.5, 0.6) is 0 Å². The molecular formula is C12H24N2O3. The summed E-state index contributed by atoms with van der Waals surface area (Å²) in [5, 5.41) is 13.2. The van der Waals surface area contributed by atoms with Crippen molar-refractivity contribution in [2.45, 2.75) is 38.4 Å². The summed E-state index contributed by atoms with van der Waals surface area (Å²) in [5.41, 5.74) is -1.10. The Kier molecular flexibility index (Phi) is 4.52. The highest BCUT2D eigenvalue weighted by Gasteiger charge is 2.33. The molecule has 0 bridgehead atoms. The van der Waals surface area contributed by atoms with Gasteiger partial charge in [0.2, 0.25) is 5.91 Å². The highest BCUT2D eigenvalue weighted by atomic mass is 16.5.